The largest absolute Gasteiger partial charge is 0.497 e. The highest BCUT2D eigenvalue weighted by Crippen LogP contribution is 2.38. The molecule has 0 bridgehead atoms. The van der Waals surface area contributed by atoms with Crippen molar-refractivity contribution in [1.29, 1.82) is 0 Å². The van der Waals surface area contributed by atoms with Crippen molar-refractivity contribution in [3.8, 4) is 5.75 Å². The summed E-state index contributed by atoms with van der Waals surface area (Å²) in [6.07, 6.45) is 2.47. The number of nitrogens with one attached hydrogen (secondary N) is 1. The van der Waals surface area contributed by atoms with Crippen molar-refractivity contribution in [2.45, 2.75) is 31.8 Å². The average molecular weight is 246 g/mol. The second-order valence-electron chi connectivity index (χ2n) is 5.26. The fourth-order valence-corrected chi connectivity index (χ4v) is 3.27. The molecule has 1 aliphatic heterocycles. The van der Waals surface area contributed by atoms with Crippen LogP contribution < -0.4 is 10.1 Å². The third-order valence-corrected chi connectivity index (χ3v) is 4.39. The summed E-state index contributed by atoms with van der Waals surface area (Å²) >= 11 is 0. The lowest BCUT2D eigenvalue weighted by Gasteiger charge is -2.41. The van der Waals surface area contributed by atoms with E-state index in [9.17, 15) is 0 Å². The molecule has 1 unspecified atom stereocenters. The first kappa shape index (κ1) is 12.0. The SMILES string of the molecule is CCN(C1CNC1)C1CCc2ccc(OC)cc21. The summed E-state index contributed by atoms with van der Waals surface area (Å²) < 4.78 is 5.37. The van der Waals surface area contributed by atoms with Gasteiger partial charge in [0.2, 0.25) is 0 Å². The van der Waals surface area contributed by atoms with Gasteiger partial charge in [0.25, 0.3) is 0 Å². The van der Waals surface area contributed by atoms with Gasteiger partial charge in [-0.15, -0.1) is 0 Å². The average Bonchev–Trinajstić information content (AvgIpc) is 2.76. The van der Waals surface area contributed by atoms with E-state index in [2.05, 4.69) is 35.3 Å². The van der Waals surface area contributed by atoms with E-state index < -0.39 is 0 Å². The number of methoxy groups -OCH3 is 1. The zero-order valence-electron chi connectivity index (χ0n) is 11.3. The lowest BCUT2D eigenvalue weighted by Crippen LogP contribution is -2.57. The predicted octanol–water partition coefficient (Wildman–Crippen LogP) is 1.98. The molecule has 1 N–H and O–H groups in total. The molecule has 1 aliphatic carbocycles. The quantitative estimate of drug-likeness (QED) is 0.879. The molecule has 3 heteroatoms. The maximum atomic E-state index is 5.37. The van der Waals surface area contributed by atoms with Crippen molar-refractivity contribution < 1.29 is 4.74 Å². The molecule has 1 atom stereocenters. The van der Waals surface area contributed by atoms with Crippen LogP contribution in [-0.4, -0.2) is 37.7 Å². The summed E-state index contributed by atoms with van der Waals surface area (Å²) in [4.78, 5) is 2.65. The van der Waals surface area contributed by atoms with E-state index in [-0.39, 0.29) is 0 Å². The molecular weight excluding hydrogens is 224 g/mol. The Morgan fingerprint density at radius 3 is 2.83 bits per heavy atom. The Morgan fingerprint density at radius 1 is 1.39 bits per heavy atom. The molecule has 1 heterocycles. The fraction of sp³-hybridized carbons (Fsp3) is 0.600. The van der Waals surface area contributed by atoms with Crippen molar-refractivity contribution in [3.63, 3.8) is 0 Å². The lowest BCUT2D eigenvalue weighted by atomic mass is 10.0. The van der Waals surface area contributed by atoms with E-state index in [1.165, 1.54) is 24.0 Å². The molecule has 0 saturated carbocycles. The van der Waals surface area contributed by atoms with E-state index in [1.807, 2.05) is 0 Å². The van der Waals surface area contributed by atoms with Crippen LogP contribution in [0.4, 0.5) is 0 Å². The molecule has 3 rings (SSSR count). The van der Waals surface area contributed by atoms with Crippen molar-refractivity contribution in [2.75, 3.05) is 26.7 Å². The highest BCUT2D eigenvalue weighted by atomic mass is 16.5. The number of hydrogen-bond acceptors (Lipinski definition) is 3. The van der Waals surface area contributed by atoms with Gasteiger partial charge in [-0.3, -0.25) is 4.90 Å². The number of ether oxygens (including phenoxy) is 1. The zero-order valence-corrected chi connectivity index (χ0v) is 11.3. The minimum Gasteiger partial charge on any atom is -0.497 e. The molecule has 0 aromatic heterocycles. The minimum atomic E-state index is 0.590. The van der Waals surface area contributed by atoms with Crippen LogP contribution in [0.5, 0.6) is 5.75 Å². The number of aryl methyl sites for hydroxylation is 1. The second kappa shape index (κ2) is 4.90. The van der Waals surface area contributed by atoms with Crippen LogP contribution in [0.15, 0.2) is 18.2 Å². The molecule has 1 saturated heterocycles. The highest BCUT2D eigenvalue weighted by molar-refractivity contribution is 5.41. The van der Waals surface area contributed by atoms with Gasteiger partial charge in [-0.05, 0) is 42.6 Å². The van der Waals surface area contributed by atoms with Crippen molar-refractivity contribution in [1.82, 2.24) is 10.2 Å². The van der Waals surface area contributed by atoms with Crippen LogP contribution in [0.2, 0.25) is 0 Å². The van der Waals surface area contributed by atoms with Crippen molar-refractivity contribution >= 4 is 0 Å². The first-order valence-electron chi connectivity index (χ1n) is 6.96. The van der Waals surface area contributed by atoms with Crippen molar-refractivity contribution in [2.24, 2.45) is 0 Å². The summed E-state index contributed by atoms with van der Waals surface area (Å²) in [6.45, 7) is 5.69. The fourth-order valence-electron chi connectivity index (χ4n) is 3.27. The van der Waals surface area contributed by atoms with Crippen LogP contribution in [0.1, 0.15) is 30.5 Å². The summed E-state index contributed by atoms with van der Waals surface area (Å²) in [5.41, 5.74) is 3.00. The Morgan fingerprint density at radius 2 is 2.22 bits per heavy atom. The van der Waals surface area contributed by atoms with Gasteiger partial charge in [0.1, 0.15) is 5.75 Å². The summed E-state index contributed by atoms with van der Waals surface area (Å²) in [5.74, 6) is 0.989. The standard InChI is InChI=1S/C15H22N2O/c1-3-17(12-9-16-10-12)15-7-5-11-4-6-13(18-2)8-14(11)15/h4,6,8,12,15-16H,3,5,7,9-10H2,1-2H3. The third-order valence-electron chi connectivity index (χ3n) is 4.39. The monoisotopic (exact) mass is 246 g/mol. The van der Waals surface area contributed by atoms with Crippen LogP contribution in [-0.2, 0) is 6.42 Å². The first-order valence-corrected chi connectivity index (χ1v) is 6.96. The molecule has 0 spiro atoms. The number of hydrogen-bond donors (Lipinski definition) is 1. The predicted molar refractivity (Wildman–Crippen MR) is 73.1 cm³/mol. The van der Waals surface area contributed by atoms with E-state index in [4.69, 9.17) is 4.74 Å². The molecule has 98 valence electrons. The van der Waals surface area contributed by atoms with Crippen molar-refractivity contribution in [3.05, 3.63) is 29.3 Å². The molecule has 3 nitrogen and oxygen atoms in total. The molecule has 1 fully saturated rings. The van der Waals surface area contributed by atoms with Gasteiger partial charge in [0, 0.05) is 25.2 Å². The minimum absolute atomic E-state index is 0.590. The molecule has 1 aromatic carbocycles. The Balaban J connectivity index is 1.87. The van der Waals surface area contributed by atoms with E-state index in [0.29, 0.717) is 6.04 Å². The van der Waals surface area contributed by atoms with Gasteiger partial charge in [-0.2, -0.15) is 0 Å². The van der Waals surface area contributed by atoms with Gasteiger partial charge in [-0.25, -0.2) is 0 Å². The van der Waals surface area contributed by atoms with E-state index in [1.54, 1.807) is 7.11 Å². The number of likely N-dealkylation sites (N-methyl/N-ethyl adjacent to an activating group) is 1. The lowest BCUT2D eigenvalue weighted by molar-refractivity contribution is 0.101. The van der Waals surface area contributed by atoms with Gasteiger partial charge in [-0.1, -0.05) is 13.0 Å². The van der Waals surface area contributed by atoms with Gasteiger partial charge in [0.15, 0.2) is 0 Å². The molecular formula is C15H22N2O. The molecule has 1 aromatic rings. The highest BCUT2D eigenvalue weighted by Gasteiger charge is 2.33. The maximum Gasteiger partial charge on any atom is 0.119 e. The smallest absolute Gasteiger partial charge is 0.119 e. The second-order valence-corrected chi connectivity index (χ2v) is 5.26. The number of rotatable bonds is 4. The number of nitrogens with zero attached hydrogens (tertiary/aromatic N) is 1. The van der Waals surface area contributed by atoms with E-state index in [0.717, 1.165) is 31.4 Å². The maximum absolute atomic E-state index is 5.37. The summed E-state index contributed by atoms with van der Waals surface area (Å²) in [5, 5.41) is 3.38. The number of benzene rings is 1. The zero-order chi connectivity index (χ0) is 12.5. The Bertz CT molecular complexity index is 429. The third kappa shape index (κ3) is 1.91. The van der Waals surface area contributed by atoms with Crippen LogP contribution in [0.25, 0.3) is 0 Å². The van der Waals surface area contributed by atoms with E-state index >= 15 is 0 Å². The van der Waals surface area contributed by atoms with Crippen LogP contribution >= 0.6 is 0 Å². The Kier molecular flexibility index (Phi) is 3.27. The molecule has 18 heavy (non-hydrogen) atoms. The summed E-state index contributed by atoms with van der Waals surface area (Å²) in [7, 11) is 1.75. The molecule has 2 aliphatic rings. The van der Waals surface area contributed by atoms with Gasteiger partial charge in [0.05, 0.1) is 7.11 Å². The van der Waals surface area contributed by atoms with Gasteiger partial charge >= 0.3 is 0 Å². The number of fused-ring (bicyclic) bond motifs is 1. The molecule has 0 amide bonds. The van der Waals surface area contributed by atoms with Crippen LogP contribution in [0, 0.1) is 0 Å². The summed E-state index contributed by atoms with van der Waals surface area (Å²) in [6, 6.07) is 7.87. The van der Waals surface area contributed by atoms with Crippen LogP contribution in [0.3, 0.4) is 0 Å². The molecule has 0 radical (unpaired) electrons. The Labute approximate surface area is 109 Å². The first-order chi connectivity index (χ1) is 8.83. The Hall–Kier alpha value is -1.06. The topological polar surface area (TPSA) is 24.5 Å². The normalized spacial score (nSPS) is 22.9. The van der Waals surface area contributed by atoms with Gasteiger partial charge < -0.3 is 10.1 Å².